The van der Waals surface area contributed by atoms with Gasteiger partial charge in [-0.25, -0.2) is 0 Å². The topological polar surface area (TPSA) is 63.2 Å². The molecule has 2 aromatic rings. The Balaban J connectivity index is 1.90. The maximum Gasteiger partial charge on any atom is 0.322 e. The molecule has 6 nitrogen and oxygen atoms in total. The molecule has 100 valence electrons. The van der Waals surface area contributed by atoms with Crippen LogP contribution in [0.15, 0.2) is 11.4 Å². The van der Waals surface area contributed by atoms with Crippen molar-refractivity contribution in [1.82, 2.24) is 15.0 Å². The summed E-state index contributed by atoms with van der Waals surface area (Å²) in [4.78, 5) is 16.5. The van der Waals surface area contributed by atoms with Crippen molar-refractivity contribution in [3.05, 3.63) is 21.9 Å². The Kier molecular flexibility index (Phi) is 3.20. The lowest BCUT2D eigenvalue weighted by atomic mass is 10.1. The first kappa shape index (κ1) is 12.2. The molecule has 0 saturated heterocycles. The molecule has 0 unspecified atom stereocenters. The standard InChI is InChI=1S/C12H15N5OS/c1-13-10-14-11(16-12(15-10)18-2)17-5-3-9-8(7-17)4-6-19-9/h4,6H,3,5,7H2,1-2H3,(H,13,14,15,16). The fourth-order valence-electron chi connectivity index (χ4n) is 2.11. The molecule has 0 saturated carbocycles. The van der Waals surface area contributed by atoms with Crippen molar-refractivity contribution < 1.29 is 4.74 Å². The Morgan fingerprint density at radius 1 is 1.37 bits per heavy atom. The quantitative estimate of drug-likeness (QED) is 0.918. The Morgan fingerprint density at radius 3 is 3.05 bits per heavy atom. The van der Waals surface area contributed by atoms with Crippen molar-refractivity contribution >= 4 is 23.2 Å². The summed E-state index contributed by atoms with van der Waals surface area (Å²) in [6, 6.07) is 2.51. The number of methoxy groups -OCH3 is 1. The third-order valence-corrected chi connectivity index (χ3v) is 4.12. The molecule has 0 amide bonds. The number of ether oxygens (including phenoxy) is 1. The van der Waals surface area contributed by atoms with Crippen molar-refractivity contribution in [2.24, 2.45) is 0 Å². The van der Waals surface area contributed by atoms with Crippen molar-refractivity contribution in [2.45, 2.75) is 13.0 Å². The highest BCUT2D eigenvalue weighted by Crippen LogP contribution is 2.26. The van der Waals surface area contributed by atoms with E-state index in [1.54, 1.807) is 14.2 Å². The number of hydrogen-bond donors (Lipinski definition) is 1. The van der Waals surface area contributed by atoms with Crippen molar-refractivity contribution in [3.63, 3.8) is 0 Å². The monoisotopic (exact) mass is 277 g/mol. The van der Waals surface area contributed by atoms with Gasteiger partial charge in [0.05, 0.1) is 7.11 Å². The van der Waals surface area contributed by atoms with Crippen LogP contribution in [0.1, 0.15) is 10.4 Å². The van der Waals surface area contributed by atoms with Crippen LogP contribution in [0.4, 0.5) is 11.9 Å². The van der Waals surface area contributed by atoms with E-state index in [0.717, 1.165) is 19.5 Å². The molecule has 1 aliphatic rings. The summed E-state index contributed by atoms with van der Waals surface area (Å²) in [6.07, 6.45) is 1.04. The molecular weight excluding hydrogens is 262 g/mol. The van der Waals surface area contributed by atoms with E-state index in [0.29, 0.717) is 17.9 Å². The Bertz CT molecular complexity index is 563. The first-order valence-corrected chi connectivity index (χ1v) is 6.96. The fraction of sp³-hybridized carbons (Fsp3) is 0.417. The van der Waals surface area contributed by atoms with Crippen LogP contribution in [0.2, 0.25) is 0 Å². The van der Waals surface area contributed by atoms with Gasteiger partial charge in [0.1, 0.15) is 0 Å². The third kappa shape index (κ3) is 2.33. The smallest absolute Gasteiger partial charge is 0.322 e. The van der Waals surface area contributed by atoms with E-state index in [-0.39, 0.29) is 0 Å². The number of anilines is 2. The van der Waals surface area contributed by atoms with Crippen LogP contribution in [-0.4, -0.2) is 35.7 Å². The van der Waals surface area contributed by atoms with Crippen LogP contribution >= 0.6 is 11.3 Å². The number of nitrogens with one attached hydrogen (secondary N) is 1. The van der Waals surface area contributed by atoms with E-state index in [1.807, 2.05) is 11.3 Å². The van der Waals surface area contributed by atoms with Gasteiger partial charge in [-0.1, -0.05) is 0 Å². The van der Waals surface area contributed by atoms with Crippen LogP contribution in [0.5, 0.6) is 6.01 Å². The number of aromatic nitrogens is 3. The molecule has 7 heteroatoms. The van der Waals surface area contributed by atoms with Crippen molar-refractivity contribution in [1.29, 1.82) is 0 Å². The highest BCUT2D eigenvalue weighted by molar-refractivity contribution is 7.10. The number of fused-ring (bicyclic) bond motifs is 1. The van der Waals surface area contributed by atoms with Crippen LogP contribution in [0, 0.1) is 0 Å². The van der Waals surface area contributed by atoms with Gasteiger partial charge in [-0.05, 0) is 23.4 Å². The summed E-state index contributed by atoms with van der Waals surface area (Å²) in [5.41, 5.74) is 1.36. The molecule has 3 heterocycles. The van der Waals surface area contributed by atoms with E-state index >= 15 is 0 Å². The number of nitrogens with zero attached hydrogens (tertiary/aromatic N) is 4. The van der Waals surface area contributed by atoms with E-state index in [9.17, 15) is 0 Å². The average molecular weight is 277 g/mol. The van der Waals surface area contributed by atoms with E-state index < -0.39 is 0 Å². The third-order valence-electron chi connectivity index (χ3n) is 3.10. The van der Waals surface area contributed by atoms with Crippen LogP contribution < -0.4 is 15.0 Å². The summed E-state index contributed by atoms with van der Waals surface area (Å²) in [7, 11) is 3.34. The predicted octanol–water partition coefficient (Wildman–Crippen LogP) is 1.55. The Hall–Kier alpha value is -1.89. The Morgan fingerprint density at radius 2 is 2.26 bits per heavy atom. The summed E-state index contributed by atoms with van der Waals surface area (Å²) in [6.45, 7) is 1.76. The van der Waals surface area contributed by atoms with Gasteiger partial charge in [-0.2, -0.15) is 15.0 Å². The Labute approximate surface area is 115 Å². The summed E-state index contributed by atoms with van der Waals surface area (Å²) in [5, 5.41) is 5.07. The average Bonchev–Trinajstić information content (AvgIpc) is 2.94. The van der Waals surface area contributed by atoms with Crippen LogP contribution in [0.25, 0.3) is 0 Å². The number of rotatable bonds is 3. The maximum absolute atomic E-state index is 5.12. The minimum Gasteiger partial charge on any atom is -0.467 e. The lowest BCUT2D eigenvalue weighted by Gasteiger charge is -2.27. The number of hydrogen-bond acceptors (Lipinski definition) is 7. The van der Waals surface area contributed by atoms with Crippen LogP contribution in [-0.2, 0) is 13.0 Å². The highest BCUT2D eigenvalue weighted by atomic mass is 32.1. The van der Waals surface area contributed by atoms with E-state index in [4.69, 9.17) is 4.74 Å². The van der Waals surface area contributed by atoms with Gasteiger partial charge in [0.15, 0.2) is 0 Å². The first-order chi connectivity index (χ1) is 9.30. The first-order valence-electron chi connectivity index (χ1n) is 6.08. The van der Waals surface area contributed by atoms with Gasteiger partial charge in [0.2, 0.25) is 11.9 Å². The molecule has 0 bridgehead atoms. The van der Waals surface area contributed by atoms with Gasteiger partial charge in [0.25, 0.3) is 0 Å². The lowest BCUT2D eigenvalue weighted by molar-refractivity contribution is 0.378. The molecule has 0 fully saturated rings. The number of thiophene rings is 1. The molecule has 0 aliphatic carbocycles. The molecule has 0 aromatic carbocycles. The fourth-order valence-corrected chi connectivity index (χ4v) is 3.00. The van der Waals surface area contributed by atoms with Gasteiger partial charge >= 0.3 is 6.01 Å². The maximum atomic E-state index is 5.12. The van der Waals surface area contributed by atoms with Crippen molar-refractivity contribution in [3.8, 4) is 6.01 Å². The second-order valence-corrected chi connectivity index (χ2v) is 5.24. The molecule has 3 rings (SSSR count). The lowest BCUT2D eigenvalue weighted by Crippen LogP contribution is -2.31. The molecular formula is C12H15N5OS. The summed E-state index contributed by atoms with van der Waals surface area (Å²) < 4.78 is 5.12. The van der Waals surface area contributed by atoms with Crippen molar-refractivity contribution in [2.75, 3.05) is 30.9 Å². The van der Waals surface area contributed by atoms with Crippen LogP contribution in [0.3, 0.4) is 0 Å². The molecule has 1 N–H and O–H groups in total. The molecule has 19 heavy (non-hydrogen) atoms. The minimum absolute atomic E-state index is 0.338. The normalized spacial score (nSPS) is 14.1. The van der Waals surface area contributed by atoms with E-state index in [2.05, 4.69) is 36.6 Å². The molecule has 1 aliphatic heterocycles. The zero-order valence-electron chi connectivity index (χ0n) is 10.9. The van der Waals surface area contributed by atoms with E-state index in [1.165, 1.54) is 10.4 Å². The van der Waals surface area contributed by atoms with Gasteiger partial charge in [-0.3, -0.25) is 0 Å². The zero-order chi connectivity index (χ0) is 13.2. The minimum atomic E-state index is 0.338. The van der Waals surface area contributed by atoms with Gasteiger partial charge < -0.3 is 15.0 Å². The predicted molar refractivity (Wildman–Crippen MR) is 75.0 cm³/mol. The second-order valence-electron chi connectivity index (χ2n) is 4.24. The molecule has 0 spiro atoms. The molecule has 0 atom stereocenters. The van der Waals surface area contributed by atoms with Gasteiger partial charge in [-0.15, -0.1) is 11.3 Å². The SMILES string of the molecule is CNc1nc(OC)nc(N2CCc3sccc3C2)n1. The molecule has 0 radical (unpaired) electrons. The second kappa shape index (κ2) is 5.00. The zero-order valence-corrected chi connectivity index (χ0v) is 11.7. The summed E-state index contributed by atoms with van der Waals surface area (Å²) >= 11 is 1.82. The molecule has 2 aromatic heterocycles. The highest BCUT2D eigenvalue weighted by Gasteiger charge is 2.20. The van der Waals surface area contributed by atoms with Gasteiger partial charge in [0, 0.05) is 25.0 Å². The largest absolute Gasteiger partial charge is 0.467 e. The summed E-state index contributed by atoms with van der Waals surface area (Å²) in [5.74, 6) is 1.19.